The van der Waals surface area contributed by atoms with Gasteiger partial charge in [-0.1, -0.05) is 42.5 Å². The lowest BCUT2D eigenvalue weighted by atomic mass is 10.0. The molecule has 0 bridgehead atoms. The first-order valence-electron chi connectivity index (χ1n) is 9.19. The molecule has 0 aromatic heterocycles. The second kappa shape index (κ2) is 8.06. The van der Waals surface area contributed by atoms with Crippen molar-refractivity contribution in [1.82, 2.24) is 0 Å². The maximum Gasteiger partial charge on any atom is 0.255 e. The highest BCUT2D eigenvalue weighted by Gasteiger charge is 2.11. The van der Waals surface area contributed by atoms with Crippen molar-refractivity contribution in [2.75, 3.05) is 36.5 Å². The van der Waals surface area contributed by atoms with Gasteiger partial charge in [-0.25, -0.2) is 0 Å². The van der Waals surface area contributed by atoms with Crippen molar-refractivity contribution in [3.8, 4) is 11.1 Å². The molecule has 4 rings (SSSR count). The summed E-state index contributed by atoms with van der Waals surface area (Å²) < 4.78 is 5.38. The van der Waals surface area contributed by atoms with Crippen molar-refractivity contribution >= 4 is 17.3 Å². The Morgan fingerprint density at radius 3 is 2.07 bits per heavy atom. The monoisotopic (exact) mass is 358 g/mol. The fraction of sp³-hybridized carbons (Fsp3) is 0.174. The molecule has 3 aromatic rings. The molecule has 0 radical (unpaired) electrons. The molecule has 0 unspecified atom stereocenters. The average Bonchev–Trinajstić information content (AvgIpc) is 2.76. The summed E-state index contributed by atoms with van der Waals surface area (Å²) in [6, 6.07) is 25.8. The molecule has 1 aliphatic heterocycles. The normalized spacial score (nSPS) is 14.0. The van der Waals surface area contributed by atoms with Gasteiger partial charge in [0.1, 0.15) is 0 Å². The molecule has 1 amide bonds. The summed E-state index contributed by atoms with van der Waals surface area (Å²) in [5, 5.41) is 2.97. The van der Waals surface area contributed by atoms with Crippen LogP contribution in [-0.4, -0.2) is 32.2 Å². The highest BCUT2D eigenvalue weighted by molar-refractivity contribution is 6.04. The van der Waals surface area contributed by atoms with E-state index in [1.54, 1.807) is 0 Å². The van der Waals surface area contributed by atoms with Crippen LogP contribution in [0.25, 0.3) is 11.1 Å². The van der Waals surface area contributed by atoms with Gasteiger partial charge in [0.15, 0.2) is 0 Å². The Balaban J connectivity index is 1.41. The van der Waals surface area contributed by atoms with Gasteiger partial charge < -0.3 is 15.0 Å². The Morgan fingerprint density at radius 1 is 0.778 bits per heavy atom. The third-order valence-corrected chi connectivity index (χ3v) is 4.76. The number of benzene rings is 3. The van der Waals surface area contributed by atoms with Gasteiger partial charge in [0.2, 0.25) is 0 Å². The number of anilines is 2. The maximum atomic E-state index is 12.5. The Labute approximate surface area is 159 Å². The first-order chi connectivity index (χ1) is 13.3. The third-order valence-electron chi connectivity index (χ3n) is 4.76. The molecule has 0 atom stereocenters. The number of hydrogen-bond donors (Lipinski definition) is 1. The summed E-state index contributed by atoms with van der Waals surface area (Å²) in [4.78, 5) is 14.8. The summed E-state index contributed by atoms with van der Waals surface area (Å²) >= 11 is 0. The van der Waals surface area contributed by atoms with Crippen LogP contribution in [0.5, 0.6) is 0 Å². The Morgan fingerprint density at radius 2 is 1.41 bits per heavy atom. The van der Waals surface area contributed by atoms with E-state index in [2.05, 4.69) is 22.3 Å². The van der Waals surface area contributed by atoms with Crippen LogP contribution >= 0.6 is 0 Å². The standard InChI is InChI=1S/C23H22N2O2/c26-23(20-8-6-19(7-9-20)18-4-2-1-3-5-18)24-21-10-12-22(13-11-21)25-14-16-27-17-15-25/h1-13H,14-17H2,(H,24,26). The van der Waals surface area contributed by atoms with E-state index < -0.39 is 0 Å². The zero-order valence-electron chi connectivity index (χ0n) is 15.1. The van der Waals surface area contributed by atoms with Crippen LogP contribution in [-0.2, 0) is 4.74 Å². The van der Waals surface area contributed by atoms with Gasteiger partial charge >= 0.3 is 0 Å². The van der Waals surface area contributed by atoms with Crippen molar-refractivity contribution in [3.63, 3.8) is 0 Å². The van der Waals surface area contributed by atoms with Crippen LogP contribution < -0.4 is 10.2 Å². The minimum Gasteiger partial charge on any atom is -0.378 e. The zero-order valence-corrected chi connectivity index (χ0v) is 15.1. The largest absolute Gasteiger partial charge is 0.378 e. The molecular formula is C23H22N2O2. The van der Waals surface area contributed by atoms with Crippen LogP contribution in [0.3, 0.4) is 0 Å². The Kier molecular flexibility index (Phi) is 5.17. The lowest BCUT2D eigenvalue weighted by Crippen LogP contribution is -2.36. The van der Waals surface area contributed by atoms with Gasteiger partial charge in [0, 0.05) is 30.0 Å². The quantitative estimate of drug-likeness (QED) is 0.749. The predicted molar refractivity (Wildman–Crippen MR) is 109 cm³/mol. The number of ether oxygens (including phenoxy) is 1. The van der Waals surface area contributed by atoms with Crippen LogP contribution in [0.15, 0.2) is 78.9 Å². The van der Waals surface area contributed by atoms with Crippen LogP contribution in [0.2, 0.25) is 0 Å². The van der Waals surface area contributed by atoms with Crippen molar-refractivity contribution in [2.45, 2.75) is 0 Å². The molecule has 0 spiro atoms. The second-order valence-electron chi connectivity index (χ2n) is 6.54. The first kappa shape index (κ1) is 17.3. The first-order valence-corrected chi connectivity index (χ1v) is 9.19. The molecule has 4 heteroatoms. The second-order valence-corrected chi connectivity index (χ2v) is 6.54. The SMILES string of the molecule is O=C(Nc1ccc(N2CCOCC2)cc1)c1ccc(-c2ccccc2)cc1. The van der Waals surface area contributed by atoms with Crippen molar-refractivity contribution in [3.05, 3.63) is 84.4 Å². The van der Waals surface area contributed by atoms with E-state index in [1.807, 2.05) is 66.7 Å². The number of hydrogen-bond acceptors (Lipinski definition) is 3. The highest BCUT2D eigenvalue weighted by atomic mass is 16.5. The minimum absolute atomic E-state index is 0.103. The summed E-state index contributed by atoms with van der Waals surface area (Å²) in [6.07, 6.45) is 0. The molecule has 3 aromatic carbocycles. The molecule has 1 fully saturated rings. The maximum absolute atomic E-state index is 12.5. The van der Waals surface area contributed by atoms with Crippen LogP contribution in [0.1, 0.15) is 10.4 Å². The molecule has 1 aliphatic rings. The molecule has 4 nitrogen and oxygen atoms in total. The topological polar surface area (TPSA) is 41.6 Å². The lowest BCUT2D eigenvalue weighted by Gasteiger charge is -2.28. The van der Waals surface area contributed by atoms with E-state index in [0.29, 0.717) is 5.56 Å². The van der Waals surface area contributed by atoms with E-state index in [-0.39, 0.29) is 5.91 Å². The number of carbonyl (C=O) groups is 1. The molecule has 1 N–H and O–H groups in total. The minimum atomic E-state index is -0.103. The Hall–Kier alpha value is -3.11. The van der Waals surface area contributed by atoms with E-state index in [0.717, 1.165) is 48.8 Å². The van der Waals surface area contributed by atoms with E-state index >= 15 is 0 Å². The lowest BCUT2D eigenvalue weighted by molar-refractivity contribution is 0.102. The molecule has 0 aliphatic carbocycles. The van der Waals surface area contributed by atoms with Gasteiger partial charge in [-0.3, -0.25) is 4.79 Å². The Bertz CT molecular complexity index is 884. The number of nitrogens with zero attached hydrogens (tertiary/aromatic N) is 1. The fourth-order valence-electron chi connectivity index (χ4n) is 3.23. The number of morpholine rings is 1. The van der Waals surface area contributed by atoms with Gasteiger partial charge in [0.25, 0.3) is 5.91 Å². The van der Waals surface area contributed by atoms with Gasteiger partial charge in [0.05, 0.1) is 13.2 Å². The average molecular weight is 358 g/mol. The van der Waals surface area contributed by atoms with Gasteiger partial charge in [-0.05, 0) is 47.5 Å². The van der Waals surface area contributed by atoms with E-state index in [4.69, 9.17) is 4.74 Å². The summed E-state index contributed by atoms with van der Waals surface area (Å²) in [6.45, 7) is 3.33. The van der Waals surface area contributed by atoms with Crippen LogP contribution in [0, 0.1) is 0 Å². The molecule has 27 heavy (non-hydrogen) atoms. The van der Waals surface area contributed by atoms with E-state index in [9.17, 15) is 4.79 Å². The third kappa shape index (κ3) is 4.18. The van der Waals surface area contributed by atoms with Crippen molar-refractivity contribution in [1.29, 1.82) is 0 Å². The summed E-state index contributed by atoms with van der Waals surface area (Å²) in [5.41, 5.74) is 4.84. The summed E-state index contributed by atoms with van der Waals surface area (Å²) in [7, 11) is 0. The predicted octanol–water partition coefficient (Wildman–Crippen LogP) is 4.44. The number of amides is 1. The smallest absolute Gasteiger partial charge is 0.255 e. The molecule has 0 saturated carbocycles. The molecule has 1 heterocycles. The van der Waals surface area contributed by atoms with Crippen molar-refractivity contribution < 1.29 is 9.53 Å². The number of nitrogens with one attached hydrogen (secondary N) is 1. The molecule has 1 saturated heterocycles. The summed E-state index contributed by atoms with van der Waals surface area (Å²) in [5.74, 6) is -0.103. The van der Waals surface area contributed by atoms with E-state index in [1.165, 1.54) is 0 Å². The molecular weight excluding hydrogens is 336 g/mol. The highest BCUT2D eigenvalue weighted by Crippen LogP contribution is 2.21. The fourth-order valence-corrected chi connectivity index (χ4v) is 3.23. The number of rotatable bonds is 4. The van der Waals surface area contributed by atoms with Crippen molar-refractivity contribution in [2.24, 2.45) is 0 Å². The van der Waals surface area contributed by atoms with Gasteiger partial charge in [-0.15, -0.1) is 0 Å². The van der Waals surface area contributed by atoms with Gasteiger partial charge in [-0.2, -0.15) is 0 Å². The molecule has 136 valence electrons. The number of carbonyl (C=O) groups excluding carboxylic acids is 1. The van der Waals surface area contributed by atoms with Crippen LogP contribution in [0.4, 0.5) is 11.4 Å². The zero-order chi connectivity index (χ0) is 18.5.